The number of carbonyl (C=O) groups is 2. The number of hydrogen-bond donors (Lipinski definition) is 1. The van der Waals surface area contributed by atoms with Crippen LogP contribution in [-0.4, -0.2) is 69.4 Å². The lowest BCUT2D eigenvalue weighted by atomic mass is 10.0. The normalized spacial score (nSPS) is 14.2. The van der Waals surface area contributed by atoms with E-state index >= 15 is 0 Å². The molecule has 0 aliphatic heterocycles. The molecular formula is C60H111N2O7P. The van der Waals surface area contributed by atoms with Gasteiger partial charge in [0, 0.05) is 12.8 Å². The average molecular weight is 1000 g/mol. The van der Waals surface area contributed by atoms with E-state index in [4.69, 9.17) is 13.8 Å². The molecule has 0 radical (unpaired) electrons. The Morgan fingerprint density at radius 3 is 1.40 bits per heavy atom. The van der Waals surface area contributed by atoms with Crippen molar-refractivity contribution in [2.24, 2.45) is 0 Å². The van der Waals surface area contributed by atoms with Gasteiger partial charge < -0.3 is 28.5 Å². The first-order valence-electron chi connectivity index (χ1n) is 29.1. The van der Waals surface area contributed by atoms with Crippen LogP contribution in [0.3, 0.4) is 0 Å². The Kier molecular flexibility index (Phi) is 48.6. The van der Waals surface area contributed by atoms with Gasteiger partial charge >= 0.3 is 5.97 Å². The SMILES string of the molecule is CC/C=C/C=C/C=C/CCCCCCCCCC(=O)NC(COP(=O)([O-])OCC[N+](C)(C)C)C(/C=C/CCCCCCCCCCCC)OC(=O)CCCCCCCCC/C=C/CCCCCCCC. The topological polar surface area (TPSA) is 114 Å². The Bertz CT molecular complexity index is 1390. The van der Waals surface area contributed by atoms with Crippen molar-refractivity contribution in [1.82, 2.24) is 5.32 Å². The maximum atomic E-state index is 13.5. The Balaban J connectivity index is 5.34. The maximum Gasteiger partial charge on any atom is 0.306 e. The van der Waals surface area contributed by atoms with Gasteiger partial charge in [-0.15, -0.1) is 0 Å². The lowest BCUT2D eigenvalue weighted by Gasteiger charge is -2.30. The Morgan fingerprint density at radius 2 is 0.929 bits per heavy atom. The third-order valence-corrected chi connectivity index (χ3v) is 13.7. The number of phosphoric ester groups is 1. The molecule has 0 heterocycles. The first-order chi connectivity index (χ1) is 33.9. The van der Waals surface area contributed by atoms with E-state index < -0.39 is 26.6 Å². The van der Waals surface area contributed by atoms with Crippen molar-refractivity contribution in [3.63, 3.8) is 0 Å². The maximum absolute atomic E-state index is 13.5. The van der Waals surface area contributed by atoms with E-state index in [9.17, 15) is 19.0 Å². The minimum absolute atomic E-state index is 0.0268. The summed E-state index contributed by atoms with van der Waals surface area (Å²) in [5.74, 6) is -0.558. The molecule has 10 heteroatoms. The lowest BCUT2D eigenvalue weighted by molar-refractivity contribution is -0.870. The molecule has 0 rings (SSSR count). The third-order valence-electron chi connectivity index (χ3n) is 12.7. The Hall–Kier alpha value is -2.29. The van der Waals surface area contributed by atoms with E-state index in [2.05, 4.69) is 74.7 Å². The van der Waals surface area contributed by atoms with Gasteiger partial charge in [0.2, 0.25) is 5.91 Å². The minimum Gasteiger partial charge on any atom is -0.756 e. The van der Waals surface area contributed by atoms with Crippen LogP contribution in [0.4, 0.5) is 0 Å². The van der Waals surface area contributed by atoms with Gasteiger partial charge in [0.15, 0.2) is 0 Å². The number of carbonyl (C=O) groups excluding carboxylic acids is 2. The van der Waals surface area contributed by atoms with Crippen LogP contribution < -0.4 is 10.2 Å². The summed E-state index contributed by atoms with van der Waals surface area (Å²) >= 11 is 0. The van der Waals surface area contributed by atoms with Crippen LogP contribution in [0.25, 0.3) is 0 Å². The molecule has 3 unspecified atom stereocenters. The van der Waals surface area contributed by atoms with Gasteiger partial charge in [0.05, 0.1) is 33.8 Å². The summed E-state index contributed by atoms with van der Waals surface area (Å²) in [5.41, 5.74) is 0. The molecule has 1 N–H and O–H groups in total. The van der Waals surface area contributed by atoms with E-state index in [1.807, 2.05) is 33.3 Å². The Morgan fingerprint density at radius 1 is 0.514 bits per heavy atom. The number of rotatable bonds is 52. The van der Waals surface area contributed by atoms with Gasteiger partial charge in [0.1, 0.15) is 19.3 Å². The predicted molar refractivity (Wildman–Crippen MR) is 298 cm³/mol. The summed E-state index contributed by atoms with van der Waals surface area (Å²) in [5, 5.41) is 3.01. The van der Waals surface area contributed by atoms with Crippen molar-refractivity contribution in [3.8, 4) is 0 Å². The number of hydrogen-bond acceptors (Lipinski definition) is 7. The monoisotopic (exact) mass is 1000 g/mol. The van der Waals surface area contributed by atoms with Gasteiger partial charge in [0.25, 0.3) is 7.82 Å². The standard InChI is InChI=1S/C60H111N2O7P/c1-7-10-13-16-19-22-25-28-30-31-33-35-38-41-44-47-50-53-60(64)69-58(51-48-45-42-39-36-27-24-21-18-15-12-9-3)57(56-68-70(65,66)67-55-54-62(4,5)6)61-59(63)52-49-46-43-40-37-34-32-29-26-23-20-17-14-11-8-2/h11,14,17,20,23,26,28,30,48,51,57-58H,7-10,12-13,15-16,18-19,21-22,24-25,27,29,31-47,49-50,52-56H2,1-6H3,(H-,61,63,65,66)/b14-11+,20-17+,26-23+,30-28+,51-48+. The molecule has 0 bridgehead atoms. The molecule has 0 aliphatic rings. The highest BCUT2D eigenvalue weighted by atomic mass is 31.2. The molecule has 0 aromatic rings. The summed E-state index contributed by atoms with van der Waals surface area (Å²) < 4.78 is 30.2. The molecule has 408 valence electrons. The quantitative estimate of drug-likeness (QED) is 0.0161. The highest BCUT2D eigenvalue weighted by molar-refractivity contribution is 7.45. The number of esters is 1. The van der Waals surface area contributed by atoms with Gasteiger partial charge in [-0.3, -0.25) is 14.2 Å². The number of ether oxygens (including phenoxy) is 1. The summed E-state index contributed by atoms with van der Waals surface area (Å²) in [7, 11) is 1.17. The zero-order valence-electron chi connectivity index (χ0n) is 46.5. The molecule has 0 aromatic heterocycles. The molecule has 9 nitrogen and oxygen atoms in total. The lowest BCUT2D eigenvalue weighted by Crippen LogP contribution is -2.47. The molecule has 0 saturated heterocycles. The molecule has 1 amide bonds. The van der Waals surface area contributed by atoms with Gasteiger partial charge in [-0.2, -0.15) is 0 Å². The van der Waals surface area contributed by atoms with Crippen LogP contribution >= 0.6 is 7.82 Å². The summed E-state index contributed by atoms with van der Waals surface area (Å²) in [6.45, 7) is 6.70. The number of unbranched alkanes of at least 4 members (excludes halogenated alkanes) is 30. The number of allylic oxidation sites excluding steroid dienone is 9. The molecule has 0 saturated carbocycles. The fourth-order valence-corrected chi connectivity index (χ4v) is 8.95. The number of quaternary nitrogens is 1. The molecule has 0 aliphatic carbocycles. The molecule has 0 aromatic carbocycles. The smallest absolute Gasteiger partial charge is 0.306 e. The van der Waals surface area contributed by atoms with Gasteiger partial charge in [-0.1, -0.05) is 230 Å². The summed E-state index contributed by atoms with van der Waals surface area (Å²) in [6.07, 6.45) is 61.8. The van der Waals surface area contributed by atoms with Crippen LogP contribution in [0.1, 0.15) is 258 Å². The fourth-order valence-electron chi connectivity index (χ4n) is 8.22. The van der Waals surface area contributed by atoms with E-state index in [1.54, 1.807) is 0 Å². The second-order valence-electron chi connectivity index (χ2n) is 20.8. The number of nitrogens with one attached hydrogen (secondary N) is 1. The van der Waals surface area contributed by atoms with Gasteiger partial charge in [-0.05, 0) is 76.7 Å². The van der Waals surface area contributed by atoms with E-state index in [0.717, 1.165) is 89.9 Å². The van der Waals surface area contributed by atoms with E-state index in [-0.39, 0.29) is 24.9 Å². The zero-order chi connectivity index (χ0) is 51.5. The summed E-state index contributed by atoms with van der Waals surface area (Å²) in [4.78, 5) is 39.9. The number of amides is 1. The second-order valence-corrected chi connectivity index (χ2v) is 22.2. The third kappa shape index (κ3) is 50.6. The van der Waals surface area contributed by atoms with Gasteiger partial charge in [-0.25, -0.2) is 0 Å². The fraction of sp³-hybridized carbons (Fsp3) is 0.800. The van der Waals surface area contributed by atoms with E-state index in [0.29, 0.717) is 17.4 Å². The van der Waals surface area contributed by atoms with Crippen molar-refractivity contribution < 1.29 is 37.3 Å². The number of nitrogens with zero attached hydrogens (tertiary/aromatic N) is 1. The van der Waals surface area contributed by atoms with Crippen molar-refractivity contribution in [1.29, 1.82) is 0 Å². The first-order valence-corrected chi connectivity index (χ1v) is 30.6. The van der Waals surface area contributed by atoms with Crippen molar-refractivity contribution >= 4 is 19.7 Å². The van der Waals surface area contributed by atoms with Crippen LogP contribution in [0.15, 0.2) is 60.8 Å². The first kappa shape index (κ1) is 67.7. The minimum atomic E-state index is -4.70. The van der Waals surface area contributed by atoms with Crippen LogP contribution in [0, 0.1) is 0 Å². The van der Waals surface area contributed by atoms with Crippen LogP contribution in [0.5, 0.6) is 0 Å². The predicted octanol–water partition coefficient (Wildman–Crippen LogP) is 16.9. The van der Waals surface area contributed by atoms with Crippen molar-refractivity contribution in [3.05, 3.63) is 60.8 Å². The van der Waals surface area contributed by atoms with Crippen LogP contribution in [0.2, 0.25) is 0 Å². The van der Waals surface area contributed by atoms with Crippen molar-refractivity contribution in [2.45, 2.75) is 270 Å². The molecule has 0 fully saturated rings. The zero-order valence-corrected chi connectivity index (χ0v) is 47.4. The highest BCUT2D eigenvalue weighted by Gasteiger charge is 2.27. The number of likely N-dealkylation sites (N-methyl/N-ethyl adjacent to an activating group) is 1. The second kappa shape index (κ2) is 50.3. The molecule has 70 heavy (non-hydrogen) atoms. The molecule has 3 atom stereocenters. The van der Waals surface area contributed by atoms with Crippen molar-refractivity contribution in [2.75, 3.05) is 40.9 Å². The Labute approximate surface area is 432 Å². The summed E-state index contributed by atoms with van der Waals surface area (Å²) in [6, 6.07) is -0.896. The average Bonchev–Trinajstić information content (AvgIpc) is 3.32. The largest absolute Gasteiger partial charge is 0.756 e. The number of phosphoric acid groups is 1. The molecular weight excluding hydrogens is 892 g/mol. The van der Waals surface area contributed by atoms with Crippen LogP contribution in [-0.2, 0) is 27.9 Å². The highest BCUT2D eigenvalue weighted by Crippen LogP contribution is 2.38. The van der Waals surface area contributed by atoms with E-state index in [1.165, 1.54) is 135 Å². The molecule has 0 spiro atoms.